The second-order valence-electron chi connectivity index (χ2n) is 5.45. The van der Waals surface area contributed by atoms with Crippen molar-refractivity contribution in [1.29, 1.82) is 0 Å². The van der Waals surface area contributed by atoms with Crippen molar-refractivity contribution in [3.8, 4) is 0 Å². The number of rotatable bonds is 5. The van der Waals surface area contributed by atoms with Gasteiger partial charge in [-0.3, -0.25) is 4.79 Å². The lowest BCUT2D eigenvalue weighted by atomic mass is 9.88. The molecule has 0 aliphatic heterocycles. The molecule has 1 aliphatic rings. The van der Waals surface area contributed by atoms with Crippen molar-refractivity contribution in [2.24, 2.45) is 11.8 Å². The monoisotopic (exact) mass is 261 g/mol. The number of hydrogen-bond donors (Lipinski definition) is 1. The lowest BCUT2D eigenvalue weighted by Crippen LogP contribution is -2.40. The highest BCUT2D eigenvalue weighted by molar-refractivity contribution is 7.90. The SMILES string of the molecule is CC1CCC(NS(=O)(=O)CC(=O)C(C)C)CC1. The molecule has 1 aliphatic carbocycles. The van der Waals surface area contributed by atoms with Crippen molar-refractivity contribution in [2.75, 3.05) is 5.75 Å². The van der Waals surface area contributed by atoms with Gasteiger partial charge in [-0.25, -0.2) is 13.1 Å². The molecule has 0 spiro atoms. The number of nitrogens with one attached hydrogen (secondary N) is 1. The van der Waals surface area contributed by atoms with E-state index >= 15 is 0 Å². The molecule has 0 saturated heterocycles. The van der Waals surface area contributed by atoms with Crippen LogP contribution in [0.15, 0.2) is 0 Å². The number of hydrogen-bond acceptors (Lipinski definition) is 3. The second kappa shape index (κ2) is 5.96. The molecule has 0 aromatic heterocycles. The van der Waals surface area contributed by atoms with E-state index in [1.165, 1.54) is 0 Å². The van der Waals surface area contributed by atoms with Crippen LogP contribution in [-0.2, 0) is 14.8 Å². The van der Waals surface area contributed by atoms with Crippen LogP contribution >= 0.6 is 0 Å². The smallest absolute Gasteiger partial charge is 0.219 e. The molecule has 1 rings (SSSR count). The van der Waals surface area contributed by atoms with Gasteiger partial charge in [0.15, 0.2) is 5.78 Å². The minimum absolute atomic E-state index is 0.0242. The Bertz CT molecular complexity index is 354. The molecule has 1 saturated carbocycles. The lowest BCUT2D eigenvalue weighted by molar-refractivity contribution is -0.119. The Hall–Kier alpha value is -0.420. The van der Waals surface area contributed by atoms with Gasteiger partial charge in [0.2, 0.25) is 10.0 Å². The Kier molecular flexibility index (Phi) is 5.13. The van der Waals surface area contributed by atoms with Crippen LogP contribution in [-0.4, -0.2) is 26.0 Å². The average Bonchev–Trinajstić information content (AvgIpc) is 2.20. The van der Waals surface area contributed by atoms with Crippen molar-refractivity contribution >= 4 is 15.8 Å². The zero-order valence-corrected chi connectivity index (χ0v) is 11.7. The molecular weight excluding hydrogens is 238 g/mol. The number of ketones is 1. The molecule has 0 unspecified atom stereocenters. The summed E-state index contributed by atoms with van der Waals surface area (Å²) in [7, 11) is -3.44. The van der Waals surface area contributed by atoms with Gasteiger partial charge in [0, 0.05) is 12.0 Å². The molecule has 1 N–H and O–H groups in total. The summed E-state index contributed by atoms with van der Waals surface area (Å²) in [5.41, 5.74) is 0. The zero-order valence-electron chi connectivity index (χ0n) is 10.9. The summed E-state index contributed by atoms with van der Waals surface area (Å²) in [6.07, 6.45) is 3.89. The highest BCUT2D eigenvalue weighted by Gasteiger charge is 2.25. The van der Waals surface area contributed by atoms with Gasteiger partial charge >= 0.3 is 0 Å². The van der Waals surface area contributed by atoms with E-state index in [4.69, 9.17) is 0 Å². The maximum absolute atomic E-state index is 11.8. The Morgan fingerprint density at radius 1 is 1.24 bits per heavy atom. The minimum atomic E-state index is -3.44. The van der Waals surface area contributed by atoms with E-state index in [1.54, 1.807) is 13.8 Å². The fourth-order valence-corrected chi connectivity index (χ4v) is 3.56. The van der Waals surface area contributed by atoms with Crippen molar-refractivity contribution in [3.05, 3.63) is 0 Å². The number of Topliss-reactive ketones (excluding diaryl/α,β-unsaturated/α-hetero) is 1. The van der Waals surface area contributed by atoms with Crippen molar-refractivity contribution in [2.45, 2.75) is 52.5 Å². The third-order valence-electron chi connectivity index (χ3n) is 3.34. The fraction of sp³-hybridized carbons (Fsp3) is 0.917. The van der Waals surface area contributed by atoms with Crippen LogP contribution < -0.4 is 4.72 Å². The first kappa shape index (κ1) is 14.6. The van der Waals surface area contributed by atoms with Gasteiger partial charge in [-0.2, -0.15) is 0 Å². The van der Waals surface area contributed by atoms with Crippen LogP contribution in [0.2, 0.25) is 0 Å². The van der Waals surface area contributed by atoms with E-state index in [0.29, 0.717) is 5.92 Å². The predicted octanol–water partition coefficient (Wildman–Crippen LogP) is 1.71. The molecule has 4 nitrogen and oxygen atoms in total. The van der Waals surface area contributed by atoms with Gasteiger partial charge in [0.05, 0.1) is 0 Å². The molecule has 0 bridgehead atoms. The molecular formula is C12H23NO3S. The van der Waals surface area contributed by atoms with Crippen LogP contribution in [0.5, 0.6) is 0 Å². The number of carbonyl (C=O) groups excluding carboxylic acids is 1. The first-order valence-corrected chi connectivity index (χ1v) is 7.98. The van der Waals surface area contributed by atoms with Gasteiger partial charge < -0.3 is 0 Å². The molecule has 0 radical (unpaired) electrons. The third kappa shape index (κ3) is 5.17. The van der Waals surface area contributed by atoms with Gasteiger partial charge in [-0.05, 0) is 31.6 Å². The molecule has 0 aromatic carbocycles. The van der Waals surface area contributed by atoms with Crippen LogP contribution in [0.3, 0.4) is 0 Å². The maximum atomic E-state index is 11.8. The number of sulfonamides is 1. The second-order valence-corrected chi connectivity index (χ2v) is 7.21. The Morgan fingerprint density at radius 2 is 1.76 bits per heavy atom. The van der Waals surface area contributed by atoms with Gasteiger partial charge in [-0.1, -0.05) is 20.8 Å². The first-order chi connectivity index (χ1) is 7.80. The molecule has 0 heterocycles. The van der Waals surface area contributed by atoms with Crippen molar-refractivity contribution in [1.82, 2.24) is 4.72 Å². The summed E-state index contributed by atoms with van der Waals surface area (Å²) >= 11 is 0. The quantitative estimate of drug-likeness (QED) is 0.819. The number of carbonyl (C=O) groups is 1. The summed E-state index contributed by atoms with van der Waals surface area (Å²) in [4.78, 5) is 11.4. The van der Waals surface area contributed by atoms with Crippen LogP contribution in [0, 0.1) is 11.8 Å². The van der Waals surface area contributed by atoms with Crippen LogP contribution in [0.1, 0.15) is 46.5 Å². The molecule has 100 valence electrons. The van der Waals surface area contributed by atoms with Crippen LogP contribution in [0.25, 0.3) is 0 Å². The van der Waals surface area contributed by atoms with Gasteiger partial charge in [0.25, 0.3) is 0 Å². The van der Waals surface area contributed by atoms with Gasteiger partial charge in [0.1, 0.15) is 5.75 Å². The predicted molar refractivity (Wildman–Crippen MR) is 68.2 cm³/mol. The summed E-state index contributed by atoms with van der Waals surface area (Å²) in [5.74, 6) is -0.135. The molecule has 0 aromatic rings. The highest BCUT2D eigenvalue weighted by Crippen LogP contribution is 2.23. The Labute approximate surface area is 104 Å². The first-order valence-electron chi connectivity index (χ1n) is 6.33. The van der Waals surface area contributed by atoms with E-state index in [0.717, 1.165) is 25.7 Å². The maximum Gasteiger partial charge on any atom is 0.219 e. The summed E-state index contributed by atoms with van der Waals surface area (Å²) in [6, 6.07) is 0.0242. The zero-order chi connectivity index (χ0) is 13.1. The minimum Gasteiger partial charge on any atom is -0.298 e. The summed E-state index contributed by atoms with van der Waals surface area (Å²) in [6.45, 7) is 5.63. The largest absolute Gasteiger partial charge is 0.298 e. The summed E-state index contributed by atoms with van der Waals surface area (Å²) < 4.78 is 26.2. The topological polar surface area (TPSA) is 63.2 Å². The average molecular weight is 261 g/mol. The normalized spacial score (nSPS) is 26.1. The van der Waals surface area contributed by atoms with Crippen molar-refractivity contribution in [3.63, 3.8) is 0 Å². The Balaban J connectivity index is 2.47. The van der Waals surface area contributed by atoms with Gasteiger partial charge in [-0.15, -0.1) is 0 Å². The van der Waals surface area contributed by atoms with Crippen LogP contribution in [0.4, 0.5) is 0 Å². The fourth-order valence-electron chi connectivity index (χ4n) is 2.03. The molecule has 0 atom stereocenters. The van der Waals surface area contributed by atoms with Crippen molar-refractivity contribution < 1.29 is 13.2 Å². The van der Waals surface area contributed by atoms with E-state index in [9.17, 15) is 13.2 Å². The molecule has 1 fully saturated rings. The Morgan fingerprint density at radius 3 is 2.24 bits per heavy atom. The third-order valence-corrected chi connectivity index (χ3v) is 4.70. The molecule has 0 amide bonds. The summed E-state index contributed by atoms with van der Waals surface area (Å²) in [5, 5.41) is 0. The standard InChI is InChI=1S/C12H23NO3S/c1-9(2)12(14)8-17(15,16)13-11-6-4-10(3)5-7-11/h9-11,13H,4-8H2,1-3H3. The van der Waals surface area contributed by atoms with E-state index in [1.807, 2.05) is 0 Å². The molecule has 5 heteroatoms. The van der Waals surface area contributed by atoms with E-state index < -0.39 is 10.0 Å². The lowest BCUT2D eigenvalue weighted by Gasteiger charge is -2.26. The highest BCUT2D eigenvalue weighted by atomic mass is 32.2. The van der Waals surface area contributed by atoms with E-state index in [-0.39, 0.29) is 23.5 Å². The van der Waals surface area contributed by atoms with E-state index in [2.05, 4.69) is 11.6 Å². The molecule has 17 heavy (non-hydrogen) atoms.